The van der Waals surface area contributed by atoms with Crippen LogP contribution in [0.15, 0.2) is 18.3 Å². The van der Waals surface area contributed by atoms with Crippen molar-refractivity contribution in [2.45, 2.75) is 20.3 Å². The number of rotatable bonds is 2. The van der Waals surface area contributed by atoms with Crippen molar-refractivity contribution in [3.63, 3.8) is 0 Å². The van der Waals surface area contributed by atoms with Gasteiger partial charge in [0.25, 0.3) is 0 Å². The Balaban J connectivity index is 2.41. The van der Waals surface area contributed by atoms with Gasteiger partial charge in [-0.05, 0) is 25.5 Å². The Labute approximate surface area is 88.6 Å². The number of imidazole rings is 1. The van der Waals surface area contributed by atoms with Gasteiger partial charge in [-0.15, -0.1) is 0 Å². The fourth-order valence-electron chi connectivity index (χ4n) is 1.52. The summed E-state index contributed by atoms with van der Waals surface area (Å²) in [5.74, 6) is 1.38. The first-order valence-electron chi connectivity index (χ1n) is 4.98. The van der Waals surface area contributed by atoms with Crippen LogP contribution in [0.4, 0.5) is 5.82 Å². The molecular formula is C11H14N4. The van der Waals surface area contributed by atoms with Crippen LogP contribution in [0.25, 0.3) is 11.4 Å². The van der Waals surface area contributed by atoms with Gasteiger partial charge < -0.3 is 10.7 Å². The molecule has 0 saturated heterocycles. The number of aromatic nitrogens is 3. The molecule has 0 fully saturated rings. The molecule has 0 aromatic carbocycles. The molecule has 78 valence electrons. The maximum Gasteiger partial charge on any atom is 0.139 e. The van der Waals surface area contributed by atoms with E-state index < -0.39 is 0 Å². The molecule has 0 saturated carbocycles. The first kappa shape index (κ1) is 9.71. The molecule has 0 atom stereocenters. The van der Waals surface area contributed by atoms with E-state index in [2.05, 4.69) is 21.9 Å². The molecule has 0 spiro atoms. The number of nitrogens with two attached hydrogens (primary N) is 1. The van der Waals surface area contributed by atoms with E-state index in [-0.39, 0.29) is 0 Å². The van der Waals surface area contributed by atoms with Gasteiger partial charge in [0.2, 0.25) is 0 Å². The van der Waals surface area contributed by atoms with Gasteiger partial charge in [0.1, 0.15) is 11.6 Å². The van der Waals surface area contributed by atoms with Crippen molar-refractivity contribution in [1.82, 2.24) is 15.0 Å². The molecule has 0 radical (unpaired) electrons. The van der Waals surface area contributed by atoms with Crippen LogP contribution in [-0.2, 0) is 6.42 Å². The third-order valence-electron chi connectivity index (χ3n) is 2.38. The van der Waals surface area contributed by atoms with Crippen molar-refractivity contribution in [3.05, 3.63) is 29.7 Å². The van der Waals surface area contributed by atoms with Crippen molar-refractivity contribution in [1.29, 1.82) is 0 Å². The summed E-state index contributed by atoms with van der Waals surface area (Å²) in [6.45, 7) is 4.12. The molecule has 0 amide bonds. The maximum absolute atomic E-state index is 5.52. The van der Waals surface area contributed by atoms with Gasteiger partial charge in [0, 0.05) is 17.5 Å². The number of aromatic amines is 1. The molecule has 0 aliphatic heterocycles. The van der Waals surface area contributed by atoms with Crippen LogP contribution < -0.4 is 5.73 Å². The highest BCUT2D eigenvalue weighted by molar-refractivity contribution is 5.56. The molecule has 0 aliphatic rings. The van der Waals surface area contributed by atoms with Crippen LogP contribution in [0.1, 0.15) is 18.3 Å². The highest BCUT2D eigenvalue weighted by Crippen LogP contribution is 2.17. The van der Waals surface area contributed by atoms with Crippen LogP contribution in [0.5, 0.6) is 0 Å². The van der Waals surface area contributed by atoms with Crippen LogP contribution in [0, 0.1) is 6.92 Å². The number of aryl methyl sites for hydroxylation is 2. The number of nitrogens with zero attached hydrogens (tertiary/aromatic N) is 2. The summed E-state index contributed by atoms with van der Waals surface area (Å²) in [5, 5.41) is 0. The second-order valence-corrected chi connectivity index (χ2v) is 3.48. The first-order valence-corrected chi connectivity index (χ1v) is 4.98. The molecule has 0 bridgehead atoms. The molecule has 0 unspecified atom stereocenters. The van der Waals surface area contributed by atoms with Gasteiger partial charge in [-0.2, -0.15) is 0 Å². The summed E-state index contributed by atoms with van der Waals surface area (Å²) in [6, 6.07) is 3.69. The lowest BCUT2D eigenvalue weighted by atomic mass is 10.3. The minimum absolute atomic E-state index is 0.526. The minimum atomic E-state index is 0.526. The van der Waals surface area contributed by atoms with E-state index in [1.54, 1.807) is 12.3 Å². The van der Waals surface area contributed by atoms with Crippen molar-refractivity contribution in [3.8, 4) is 11.4 Å². The second kappa shape index (κ2) is 3.73. The van der Waals surface area contributed by atoms with Crippen molar-refractivity contribution >= 4 is 5.82 Å². The number of H-pyrrole nitrogens is 1. The van der Waals surface area contributed by atoms with E-state index in [0.29, 0.717) is 5.82 Å². The van der Waals surface area contributed by atoms with Crippen molar-refractivity contribution in [2.24, 2.45) is 0 Å². The van der Waals surface area contributed by atoms with Crippen molar-refractivity contribution < 1.29 is 0 Å². The number of hydrogen-bond acceptors (Lipinski definition) is 3. The Morgan fingerprint density at radius 1 is 1.40 bits per heavy atom. The lowest BCUT2D eigenvalue weighted by Crippen LogP contribution is -1.89. The van der Waals surface area contributed by atoms with Crippen LogP contribution >= 0.6 is 0 Å². The van der Waals surface area contributed by atoms with E-state index >= 15 is 0 Å². The topological polar surface area (TPSA) is 67.6 Å². The van der Waals surface area contributed by atoms with E-state index in [0.717, 1.165) is 29.2 Å². The Morgan fingerprint density at radius 3 is 2.73 bits per heavy atom. The number of nitrogens with one attached hydrogen (secondary N) is 1. The summed E-state index contributed by atoms with van der Waals surface area (Å²) in [4.78, 5) is 11.8. The molecule has 0 aliphatic carbocycles. The van der Waals surface area contributed by atoms with Crippen LogP contribution in [-0.4, -0.2) is 15.0 Å². The third-order valence-corrected chi connectivity index (χ3v) is 2.38. The van der Waals surface area contributed by atoms with Crippen LogP contribution in [0.3, 0.4) is 0 Å². The van der Waals surface area contributed by atoms with Gasteiger partial charge in [-0.25, -0.2) is 9.97 Å². The summed E-state index contributed by atoms with van der Waals surface area (Å²) >= 11 is 0. The van der Waals surface area contributed by atoms with E-state index in [1.807, 2.05) is 13.0 Å². The zero-order chi connectivity index (χ0) is 10.8. The summed E-state index contributed by atoms with van der Waals surface area (Å²) in [5.41, 5.74) is 8.70. The highest BCUT2D eigenvalue weighted by atomic mass is 14.9. The second-order valence-electron chi connectivity index (χ2n) is 3.48. The fraction of sp³-hybridized carbons (Fsp3) is 0.273. The molecule has 2 rings (SSSR count). The monoisotopic (exact) mass is 202 g/mol. The van der Waals surface area contributed by atoms with Gasteiger partial charge >= 0.3 is 0 Å². The Hall–Kier alpha value is -1.84. The number of hydrogen-bond donors (Lipinski definition) is 2. The molecule has 4 nitrogen and oxygen atoms in total. The summed E-state index contributed by atoms with van der Waals surface area (Å²) in [7, 11) is 0. The molecule has 2 aromatic rings. The summed E-state index contributed by atoms with van der Waals surface area (Å²) < 4.78 is 0. The molecular weight excluding hydrogens is 188 g/mol. The van der Waals surface area contributed by atoms with Gasteiger partial charge in [-0.1, -0.05) is 6.92 Å². The minimum Gasteiger partial charge on any atom is -0.384 e. The Morgan fingerprint density at radius 2 is 2.20 bits per heavy atom. The van der Waals surface area contributed by atoms with Gasteiger partial charge in [-0.3, -0.25) is 0 Å². The van der Waals surface area contributed by atoms with Crippen LogP contribution in [0.2, 0.25) is 0 Å². The average Bonchev–Trinajstić information content (AvgIpc) is 2.61. The largest absolute Gasteiger partial charge is 0.384 e. The molecule has 15 heavy (non-hydrogen) atoms. The zero-order valence-corrected chi connectivity index (χ0v) is 8.91. The zero-order valence-electron chi connectivity index (χ0n) is 8.91. The predicted octanol–water partition coefficient (Wildman–Crippen LogP) is 1.92. The number of anilines is 1. The normalized spacial score (nSPS) is 10.5. The molecule has 2 aromatic heterocycles. The quantitative estimate of drug-likeness (QED) is 0.781. The number of nitrogen functional groups attached to an aromatic ring is 1. The molecule has 2 heterocycles. The van der Waals surface area contributed by atoms with E-state index in [4.69, 9.17) is 5.73 Å². The van der Waals surface area contributed by atoms with E-state index in [1.165, 1.54) is 0 Å². The van der Waals surface area contributed by atoms with Gasteiger partial charge in [0.15, 0.2) is 0 Å². The standard InChI is InChI=1S/C11H14N4/c1-3-9-7(2)14-11(15-9)8-4-5-10(12)13-6-8/h4-6H,3H2,1-2H3,(H2,12,13)(H,14,15). The van der Waals surface area contributed by atoms with E-state index in [9.17, 15) is 0 Å². The molecule has 3 N–H and O–H groups in total. The smallest absolute Gasteiger partial charge is 0.139 e. The lowest BCUT2D eigenvalue weighted by Gasteiger charge is -1.96. The predicted molar refractivity (Wildman–Crippen MR) is 60.3 cm³/mol. The van der Waals surface area contributed by atoms with Gasteiger partial charge in [0.05, 0.1) is 5.69 Å². The summed E-state index contributed by atoms with van der Waals surface area (Å²) in [6.07, 6.45) is 2.66. The Bertz CT molecular complexity index is 456. The Kier molecular flexibility index (Phi) is 2.41. The fourth-order valence-corrected chi connectivity index (χ4v) is 1.52. The average molecular weight is 202 g/mol. The lowest BCUT2D eigenvalue weighted by molar-refractivity contribution is 1.04. The maximum atomic E-state index is 5.52. The number of pyridine rings is 1. The first-order chi connectivity index (χ1) is 7.20. The molecule has 4 heteroatoms. The third kappa shape index (κ3) is 1.83. The van der Waals surface area contributed by atoms with Crippen molar-refractivity contribution in [2.75, 3.05) is 5.73 Å². The highest BCUT2D eigenvalue weighted by Gasteiger charge is 2.06. The SMILES string of the molecule is CCc1nc(-c2ccc(N)nc2)[nH]c1C.